The van der Waals surface area contributed by atoms with Crippen LogP contribution in [-0.4, -0.2) is 40.8 Å². The van der Waals surface area contributed by atoms with Crippen LogP contribution in [0.4, 0.5) is 0 Å². The number of nitrogens with one attached hydrogen (secondary N) is 2. The molecule has 0 spiro atoms. The summed E-state index contributed by atoms with van der Waals surface area (Å²) in [5.74, 6) is 0.182. The molecule has 3 heterocycles. The minimum absolute atomic E-state index is 0.0457. The van der Waals surface area contributed by atoms with Crippen LogP contribution in [0.25, 0.3) is 0 Å². The number of furan rings is 1. The lowest BCUT2D eigenvalue weighted by molar-refractivity contribution is -0.140. The topological polar surface area (TPSA) is 90.2 Å². The second-order valence-corrected chi connectivity index (χ2v) is 6.23. The van der Waals surface area contributed by atoms with Crippen molar-refractivity contribution in [1.29, 1.82) is 0 Å². The minimum atomic E-state index is -0.365. The maximum Gasteiger partial charge on any atom is 0.267 e. The Morgan fingerprint density at radius 3 is 2.88 bits per heavy atom. The van der Waals surface area contributed by atoms with E-state index in [2.05, 4.69) is 15.8 Å². The van der Waals surface area contributed by atoms with Gasteiger partial charge >= 0.3 is 0 Å². The van der Waals surface area contributed by atoms with Crippen LogP contribution in [-0.2, 0) is 16.1 Å². The maximum absolute atomic E-state index is 12.7. The van der Waals surface area contributed by atoms with Gasteiger partial charge in [0.2, 0.25) is 5.91 Å². The fourth-order valence-corrected chi connectivity index (χ4v) is 3.15. The van der Waals surface area contributed by atoms with Crippen LogP contribution < -0.4 is 10.7 Å². The first kappa shape index (κ1) is 16.3. The van der Waals surface area contributed by atoms with E-state index in [1.165, 1.54) is 5.01 Å². The van der Waals surface area contributed by atoms with Crippen molar-refractivity contribution in [3.8, 4) is 0 Å². The fourth-order valence-electron chi connectivity index (χ4n) is 3.15. The average molecular weight is 353 g/mol. The molecule has 2 N–H and O–H groups in total. The smallest absolute Gasteiger partial charge is 0.267 e. The molecule has 2 amide bonds. The summed E-state index contributed by atoms with van der Waals surface area (Å²) >= 11 is 0. The van der Waals surface area contributed by atoms with Crippen LogP contribution in [0.2, 0.25) is 0 Å². The molecule has 2 unspecified atom stereocenters. The lowest BCUT2D eigenvalue weighted by Crippen LogP contribution is -2.52. The van der Waals surface area contributed by atoms with Gasteiger partial charge in [0.05, 0.1) is 18.8 Å². The van der Waals surface area contributed by atoms with Crippen LogP contribution in [0, 0.1) is 0 Å². The minimum Gasteiger partial charge on any atom is -0.467 e. The first-order chi connectivity index (χ1) is 12.7. The number of carbonyl (C=O) groups excluding carboxylic acids is 2. The van der Waals surface area contributed by atoms with Gasteiger partial charge in [-0.1, -0.05) is 30.3 Å². The van der Waals surface area contributed by atoms with Crippen molar-refractivity contribution in [3.05, 3.63) is 60.1 Å². The number of hydrazone groups is 1. The molecule has 2 aliphatic rings. The Morgan fingerprint density at radius 1 is 1.27 bits per heavy atom. The van der Waals surface area contributed by atoms with Gasteiger partial charge < -0.3 is 9.73 Å². The van der Waals surface area contributed by atoms with Gasteiger partial charge in [0.25, 0.3) is 5.91 Å². The highest BCUT2D eigenvalue weighted by molar-refractivity contribution is 5.90. The molecule has 26 heavy (non-hydrogen) atoms. The molecular weight excluding hydrogens is 334 g/mol. The first-order valence-electron chi connectivity index (χ1n) is 8.45. The number of nitrogens with zero attached hydrogens (tertiary/aromatic N) is 3. The van der Waals surface area contributed by atoms with Crippen LogP contribution in [0.3, 0.4) is 0 Å². The highest BCUT2D eigenvalue weighted by Crippen LogP contribution is 2.29. The Morgan fingerprint density at radius 2 is 2.12 bits per heavy atom. The second kappa shape index (κ2) is 7.01. The molecule has 0 radical (unpaired) electrons. The Kier molecular flexibility index (Phi) is 4.40. The lowest BCUT2D eigenvalue weighted by Gasteiger charge is -2.29. The standard InChI is InChI=1S/C18H19N5O3/c24-17(19-10-14-7-4-8-26-14)11-22-18(25)16-9-15(21-23(16)12-20-22)13-5-2-1-3-6-13/h1-8,12,15-16,21H,9-11H2,(H,19,24). The van der Waals surface area contributed by atoms with Gasteiger partial charge in [-0.2, -0.15) is 5.10 Å². The van der Waals surface area contributed by atoms with Crippen LogP contribution >= 0.6 is 0 Å². The molecular formula is C18H19N5O3. The van der Waals surface area contributed by atoms with Gasteiger partial charge in [-0.3, -0.25) is 14.6 Å². The molecule has 4 rings (SSSR count). The summed E-state index contributed by atoms with van der Waals surface area (Å²) in [5, 5.41) is 9.76. The first-order valence-corrected chi connectivity index (χ1v) is 8.45. The predicted molar refractivity (Wildman–Crippen MR) is 93.3 cm³/mol. The highest BCUT2D eigenvalue weighted by Gasteiger charge is 2.41. The van der Waals surface area contributed by atoms with E-state index in [-0.39, 0.29) is 37.0 Å². The third-order valence-corrected chi connectivity index (χ3v) is 4.49. The van der Waals surface area contributed by atoms with Gasteiger partial charge in [0.1, 0.15) is 24.7 Å². The molecule has 0 aliphatic carbocycles. The van der Waals surface area contributed by atoms with E-state index in [9.17, 15) is 9.59 Å². The molecule has 2 aliphatic heterocycles. The Labute approximate surface area is 150 Å². The van der Waals surface area contributed by atoms with E-state index < -0.39 is 0 Å². The number of hydrogen-bond donors (Lipinski definition) is 2. The number of hydrogen-bond acceptors (Lipinski definition) is 6. The van der Waals surface area contributed by atoms with E-state index in [1.54, 1.807) is 29.7 Å². The van der Waals surface area contributed by atoms with Crippen molar-refractivity contribution in [3.63, 3.8) is 0 Å². The summed E-state index contributed by atoms with van der Waals surface area (Å²) < 4.78 is 5.17. The van der Waals surface area contributed by atoms with Crippen molar-refractivity contribution >= 4 is 18.2 Å². The largest absolute Gasteiger partial charge is 0.467 e. The molecule has 0 saturated carbocycles. The number of hydrazine groups is 1. The summed E-state index contributed by atoms with van der Waals surface area (Å²) in [6.07, 6.45) is 3.74. The monoisotopic (exact) mass is 353 g/mol. The van der Waals surface area contributed by atoms with Crippen molar-refractivity contribution in [2.24, 2.45) is 5.10 Å². The molecule has 2 aromatic rings. The summed E-state index contributed by atoms with van der Waals surface area (Å²) in [6.45, 7) is 0.168. The van der Waals surface area contributed by atoms with Crippen LogP contribution in [0.1, 0.15) is 23.8 Å². The lowest BCUT2D eigenvalue weighted by atomic mass is 10.0. The molecule has 1 saturated heterocycles. The molecule has 2 atom stereocenters. The van der Waals surface area contributed by atoms with Crippen LogP contribution in [0.15, 0.2) is 58.2 Å². The van der Waals surface area contributed by atoms with E-state index in [0.29, 0.717) is 12.2 Å². The van der Waals surface area contributed by atoms with Crippen molar-refractivity contribution in [2.45, 2.75) is 25.0 Å². The molecule has 0 bridgehead atoms. The quantitative estimate of drug-likeness (QED) is 0.837. The van der Waals surface area contributed by atoms with E-state index in [4.69, 9.17) is 4.42 Å². The molecule has 134 valence electrons. The van der Waals surface area contributed by atoms with Gasteiger partial charge in [-0.05, 0) is 24.1 Å². The van der Waals surface area contributed by atoms with Gasteiger partial charge in [0.15, 0.2) is 0 Å². The third-order valence-electron chi connectivity index (χ3n) is 4.49. The Balaban J connectivity index is 1.35. The van der Waals surface area contributed by atoms with E-state index >= 15 is 0 Å². The van der Waals surface area contributed by atoms with Gasteiger partial charge in [-0.15, -0.1) is 0 Å². The average Bonchev–Trinajstić information content (AvgIpc) is 3.33. The third kappa shape index (κ3) is 3.31. The van der Waals surface area contributed by atoms with Crippen molar-refractivity contribution in [2.75, 3.05) is 6.54 Å². The SMILES string of the molecule is O=C(CN1N=CN2NC(c3ccccc3)CC2C1=O)NCc1ccco1. The normalized spacial score (nSPS) is 21.8. The summed E-state index contributed by atoms with van der Waals surface area (Å²) in [6, 6.07) is 13.2. The number of rotatable bonds is 5. The van der Waals surface area contributed by atoms with E-state index in [0.717, 1.165) is 5.56 Å². The molecule has 8 heteroatoms. The Hall–Kier alpha value is -3.13. The summed E-state index contributed by atoms with van der Waals surface area (Å²) in [7, 11) is 0. The summed E-state index contributed by atoms with van der Waals surface area (Å²) in [5.41, 5.74) is 4.40. The van der Waals surface area contributed by atoms with E-state index in [1.807, 2.05) is 30.3 Å². The zero-order valence-electron chi connectivity index (χ0n) is 14.0. The summed E-state index contributed by atoms with van der Waals surface area (Å²) in [4.78, 5) is 24.8. The number of benzene rings is 1. The van der Waals surface area contributed by atoms with Gasteiger partial charge in [0, 0.05) is 0 Å². The van der Waals surface area contributed by atoms with Crippen molar-refractivity contribution in [1.82, 2.24) is 20.8 Å². The van der Waals surface area contributed by atoms with Crippen LogP contribution in [0.5, 0.6) is 0 Å². The Bertz CT molecular complexity index is 805. The second-order valence-electron chi connectivity index (χ2n) is 6.23. The predicted octanol–water partition coefficient (Wildman–Crippen LogP) is 1.00. The molecule has 8 nitrogen and oxygen atoms in total. The molecule has 1 aromatic heterocycles. The fraction of sp³-hybridized carbons (Fsp3) is 0.278. The highest BCUT2D eigenvalue weighted by atomic mass is 16.3. The van der Waals surface area contributed by atoms with Gasteiger partial charge in [-0.25, -0.2) is 10.4 Å². The number of fused-ring (bicyclic) bond motifs is 1. The number of carbonyl (C=O) groups is 2. The zero-order chi connectivity index (χ0) is 17.9. The molecule has 1 aromatic carbocycles. The molecule has 1 fully saturated rings. The zero-order valence-corrected chi connectivity index (χ0v) is 14.0. The number of amides is 2. The van der Waals surface area contributed by atoms with Crippen molar-refractivity contribution < 1.29 is 14.0 Å². The maximum atomic E-state index is 12.7.